The SMILES string of the molecule is CCCCCCCCCCCC/C=C/CCCCCCC(CC(=O)O)C(=O)O. The first-order valence-corrected chi connectivity index (χ1v) is 11.7. The van der Waals surface area contributed by atoms with Crippen LogP contribution in [0.3, 0.4) is 0 Å². The molecule has 0 saturated carbocycles. The molecule has 0 aliphatic heterocycles. The second-order valence-electron chi connectivity index (χ2n) is 8.07. The van der Waals surface area contributed by atoms with Crippen LogP contribution in [-0.4, -0.2) is 22.2 Å². The third-order valence-electron chi connectivity index (χ3n) is 5.33. The molecule has 164 valence electrons. The lowest BCUT2D eigenvalue weighted by Gasteiger charge is -2.09. The number of hydrogen-bond acceptors (Lipinski definition) is 2. The first kappa shape index (κ1) is 26.7. The van der Waals surface area contributed by atoms with Crippen LogP contribution < -0.4 is 0 Å². The van der Waals surface area contributed by atoms with Gasteiger partial charge < -0.3 is 10.2 Å². The number of carboxylic acids is 2. The van der Waals surface area contributed by atoms with E-state index in [1.807, 2.05) is 0 Å². The molecule has 0 radical (unpaired) electrons. The van der Waals surface area contributed by atoms with Crippen molar-refractivity contribution >= 4 is 11.9 Å². The molecule has 1 atom stereocenters. The molecule has 0 rings (SSSR count). The van der Waals surface area contributed by atoms with Gasteiger partial charge >= 0.3 is 11.9 Å². The molecule has 0 fully saturated rings. The van der Waals surface area contributed by atoms with Crippen molar-refractivity contribution in [3.05, 3.63) is 12.2 Å². The number of unbranched alkanes of at least 4 members (excludes halogenated alkanes) is 14. The van der Waals surface area contributed by atoms with Gasteiger partial charge in [0.05, 0.1) is 12.3 Å². The maximum atomic E-state index is 11.0. The Labute approximate surface area is 172 Å². The second kappa shape index (κ2) is 20.4. The molecule has 4 nitrogen and oxygen atoms in total. The topological polar surface area (TPSA) is 74.6 Å². The van der Waals surface area contributed by atoms with Gasteiger partial charge in [-0.3, -0.25) is 9.59 Å². The van der Waals surface area contributed by atoms with Gasteiger partial charge in [-0.15, -0.1) is 0 Å². The summed E-state index contributed by atoms with van der Waals surface area (Å²) in [4.78, 5) is 21.6. The van der Waals surface area contributed by atoms with E-state index in [2.05, 4.69) is 19.1 Å². The van der Waals surface area contributed by atoms with Crippen LogP contribution in [0.25, 0.3) is 0 Å². The lowest BCUT2D eigenvalue weighted by Crippen LogP contribution is -2.17. The van der Waals surface area contributed by atoms with Crippen LogP contribution in [0.5, 0.6) is 0 Å². The Morgan fingerprint density at radius 1 is 0.679 bits per heavy atom. The molecule has 0 aromatic rings. The van der Waals surface area contributed by atoms with Gasteiger partial charge in [-0.2, -0.15) is 0 Å². The third-order valence-corrected chi connectivity index (χ3v) is 5.33. The molecule has 0 saturated heterocycles. The molecule has 0 amide bonds. The fraction of sp³-hybridized carbons (Fsp3) is 0.833. The third kappa shape index (κ3) is 19.4. The number of carbonyl (C=O) groups is 2. The molecule has 0 aliphatic rings. The molecule has 0 aliphatic carbocycles. The van der Waals surface area contributed by atoms with Gasteiger partial charge in [0, 0.05) is 0 Å². The van der Waals surface area contributed by atoms with E-state index >= 15 is 0 Å². The average Bonchev–Trinajstić information content (AvgIpc) is 2.65. The number of carboxylic acid groups (broad SMARTS) is 2. The molecule has 0 bridgehead atoms. The highest BCUT2D eigenvalue weighted by atomic mass is 16.4. The molecule has 0 spiro atoms. The van der Waals surface area contributed by atoms with E-state index in [-0.39, 0.29) is 6.42 Å². The van der Waals surface area contributed by atoms with Gasteiger partial charge in [-0.25, -0.2) is 0 Å². The maximum absolute atomic E-state index is 11.0. The molecule has 0 heterocycles. The largest absolute Gasteiger partial charge is 0.481 e. The number of hydrogen-bond donors (Lipinski definition) is 2. The highest BCUT2D eigenvalue weighted by Gasteiger charge is 2.19. The lowest BCUT2D eigenvalue weighted by atomic mass is 9.97. The predicted molar refractivity (Wildman–Crippen MR) is 117 cm³/mol. The van der Waals surface area contributed by atoms with Crippen LogP contribution in [0.4, 0.5) is 0 Å². The minimum absolute atomic E-state index is 0.267. The minimum Gasteiger partial charge on any atom is -0.481 e. The quantitative estimate of drug-likeness (QED) is 0.157. The fourth-order valence-electron chi connectivity index (χ4n) is 3.52. The Kier molecular flexibility index (Phi) is 19.5. The monoisotopic (exact) mass is 396 g/mol. The van der Waals surface area contributed by atoms with E-state index in [0.29, 0.717) is 6.42 Å². The Bertz CT molecular complexity index is 403. The summed E-state index contributed by atoms with van der Waals surface area (Å²) in [5.41, 5.74) is 0. The first-order chi connectivity index (χ1) is 13.6. The number of rotatable bonds is 21. The van der Waals surface area contributed by atoms with Gasteiger partial charge in [-0.05, 0) is 32.1 Å². The smallest absolute Gasteiger partial charge is 0.307 e. The summed E-state index contributed by atoms with van der Waals surface area (Å²) in [6, 6.07) is 0. The molecule has 2 N–H and O–H groups in total. The van der Waals surface area contributed by atoms with Crippen LogP contribution in [-0.2, 0) is 9.59 Å². The van der Waals surface area contributed by atoms with Crippen LogP contribution in [0, 0.1) is 5.92 Å². The van der Waals surface area contributed by atoms with Gasteiger partial charge in [0.2, 0.25) is 0 Å². The Morgan fingerprint density at radius 3 is 1.54 bits per heavy atom. The summed E-state index contributed by atoms with van der Waals surface area (Å²) in [6.45, 7) is 2.26. The van der Waals surface area contributed by atoms with E-state index < -0.39 is 17.9 Å². The van der Waals surface area contributed by atoms with Gasteiger partial charge in [0.1, 0.15) is 0 Å². The van der Waals surface area contributed by atoms with Crippen LogP contribution in [0.2, 0.25) is 0 Å². The standard InChI is InChI=1S/C24H44O4/c1-2-3-4-5-6-7-8-9-10-11-12-13-14-15-16-17-18-19-20-22(24(27)28)21-23(25)26/h13-14,22H,2-12,15-21H2,1H3,(H,25,26)(H,27,28)/b14-13+. The highest BCUT2D eigenvalue weighted by Crippen LogP contribution is 2.16. The second-order valence-corrected chi connectivity index (χ2v) is 8.07. The minimum atomic E-state index is -1.03. The molecule has 0 aromatic heterocycles. The first-order valence-electron chi connectivity index (χ1n) is 11.7. The highest BCUT2D eigenvalue weighted by molar-refractivity contribution is 5.77. The maximum Gasteiger partial charge on any atom is 0.307 e. The zero-order valence-electron chi connectivity index (χ0n) is 18.2. The summed E-state index contributed by atoms with van der Waals surface area (Å²) in [6.07, 6.45) is 24.8. The van der Waals surface area contributed by atoms with Gasteiger partial charge in [-0.1, -0.05) is 96.1 Å². The molecule has 28 heavy (non-hydrogen) atoms. The van der Waals surface area contributed by atoms with Crippen molar-refractivity contribution in [2.75, 3.05) is 0 Å². The summed E-state index contributed by atoms with van der Waals surface area (Å²) in [5.74, 6) is -2.75. The summed E-state index contributed by atoms with van der Waals surface area (Å²) in [7, 11) is 0. The molecule has 1 unspecified atom stereocenters. The summed E-state index contributed by atoms with van der Waals surface area (Å²) >= 11 is 0. The summed E-state index contributed by atoms with van der Waals surface area (Å²) in [5, 5.41) is 17.7. The number of aliphatic carboxylic acids is 2. The summed E-state index contributed by atoms with van der Waals surface area (Å²) < 4.78 is 0. The van der Waals surface area contributed by atoms with E-state index in [1.54, 1.807) is 0 Å². The Hall–Kier alpha value is -1.32. The lowest BCUT2D eigenvalue weighted by molar-refractivity contribution is -0.148. The zero-order valence-corrected chi connectivity index (χ0v) is 18.2. The predicted octanol–water partition coefficient (Wildman–Crippen LogP) is 7.37. The van der Waals surface area contributed by atoms with Crippen LogP contribution in [0.1, 0.15) is 122 Å². The molecule has 0 aromatic carbocycles. The molecule has 4 heteroatoms. The van der Waals surface area contributed by atoms with Crippen molar-refractivity contribution in [3.8, 4) is 0 Å². The number of allylic oxidation sites excluding steroid dienone is 2. The van der Waals surface area contributed by atoms with Crippen molar-refractivity contribution in [2.24, 2.45) is 5.92 Å². The van der Waals surface area contributed by atoms with E-state index in [9.17, 15) is 9.59 Å². The van der Waals surface area contributed by atoms with Crippen molar-refractivity contribution in [1.29, 1.82) is 0 Å². The average molecular weight is 397 g/mol. The Balaban J connectivity index is 3.34. The van der Waals surface area contributed by atoms with Crippen LogP contribution in [0.15, 0.2) is 12.2 Å². The van der Waals surface area contributed by atoms with E-state index in [4.69, 9.17) is 10.2 Å². The zero-order chi connectivity index (χ0) is 20.9. The fourth-order valence-corrected chi connectivity index (χ4v) is 3.52. The van der Waals surface area contributed by atoms with Crippen molar-refractivity contribution < 1.29 is 19.8 Å². The van der Waals surface area contributed by atoms with E-state index in [0.717, 1.165) is 32.1 Å². The molecular formula is C24H44O4. The Morgan fingerprint density at radius 2 is 1.11 bits per heavy atom. The molecular weight excluding hydrogens is 352 g/mol. The van der Waals surface area contributed by atoms with Gasteiger partial charge in [0.25, 0.3) is 0 Å². The normalized spacial score (nSPS) is 12.5. The van der Waals surface area contributed by atoms with Gasteiger partial charge in [0.15, 0.2) is 0 Å². The van der Waals surface area contributed by atoms with E-state index in [1.165, 1.54) is 70.6 Å². The van der Waals surface area contributed by atoms with Crippen molar-refractivity contribution in [2.45, 2.75) is 122 Å². The van der Waals surface area contributed by atoms with Crippen LogP contribution >= 0.6 is 0 Å². The van der Waals surface area contributed by atoms with Crippen molar-refractivity contribution in [3.63, 3.8) is 0 Å². The van der Waals surface area contributed by atoms with Crippen molar-refractivity contribution in [1.82, 2.24) is 0 Å².